The first-order chi connectivity index (χ1) is 5.48. The first-order valence-electron chi connectivity index (χ1n) is 4.02. The second-order valence-corrected chi connectivity index (χ2v) is 4.39. The predicted octanol–water partition coefficient (Wildman–Crippen LogP) is 0.657. The molecular weight excluding hydrogens is 222 g/mol. The number of nitrogens with one attached hydrogen (secondary N) is 1. The summed E-state index contributed by atoms with van der Waals surface area (Å²) in [5.74, 6) is -0.0139. The van der Waals surface area contributed by atoms with Crippen LogP contribution in [0.15, 0.2) is 0 Å². The van der Waals surface area contributed by atoms with Crippen molar-refractivity contribution < 1.29 is 9.90 Å². The molecule has 0 aromatic rings. The molecule has 4 heteroatoms. The lowest BCUT2D eigenvalue weighted by Gasteiger charge is -2.49. The lowest BCUT2D eigenvalue weighted by Crippen LogP contribution is -2.61. The smallest absolute Gasteiger partial charge is 0.230 e. The molecule has 2 atom stereocenters. The van der Waals surface area contributed by atoms with E-state index in [-0.39, 0.29) is 23.5 Å². The molecule has 0 aromatic heterocycles. The van der Waals surface area contributed by atoms with E-state index >= 15 is 0 Å². The predicted molar refractivity (Wildman–Crippen MR) is 50.1 cm³/mol. The van der Waals surface area contributed by atoms with Gasteiger partial charge in [-0.1, -0.05) is 29.8 Å². The van der Waals surface area contributed by atoms with Crippen LogP contribution < -0.4 is 5.32 Å². The fourth-order valence-corrected chi connectivity index (χ4v) is 1.54. The molecule has 2 N–H and O–H groups in total. The normalized spacial score (nSPS) is 32.3. The number of halogens is 1. The Kier molecular flexibility index (Phi) is 2.78. The maximum Gasteiger partial charge on any atom is 0.230 e. The second-order valence-electron chi connectivity index (χ2n) is 3.83. The van der Waals surface area contributed by atoms with Gasteiger partial charge in [-0.3, -0.25) is 4.79 Å². The van der Waals surface area contributed by atoms with Crippen LogP contribution in [0.4, 0.5) is 0 Å². The zero-order valence-electron chi connectivity index (χ0n) is 7.30. The van der Waals surface area contributed by atoms with Gasteiger partial charge >= 0.3 is 0 Å². The van der Waals surface area contributed by atoms with Crippen molar-refractivity contribution in [2.45, 2.75) is 32.4 Å². The third-order valence-electron chi connectivity index (χ3n) is 2.67. The zero-order valence-corrected chi connectivity index (χ0v) is 8.89. The van der Waals surface area contributed by atoms with Crippen molar-refractivity contribution >= 4 is 21.8 Å². The van der Waals surface area contributed by atoms with Crippen molar-refractivity contribution in [2.75, 3.05) is 5.33 Å². The Bertz CT molecular complexity index is 193. The summed E-state index contributed by atoms with van der Waals surface area (Å²) in [5, 5.41) is 12.5. The zero-order chi connectivity index (χ0) is 9.35. The monoisotopic (exact) mass is 235 g/mol. The number of carbonyl (C=O) groups is 1. The standard InChI is InChI=1S/C8H14BrNO2/c1-8(2)5(3-6(8)11)10-7(12)4-9/h5-6,11H,3-4H2,1-2H3,(H,10,12). The van der Waals surface area contributed by atoms with E-state index in [0.717, 1.165) is 0 Å². The van der Waals surface area contributed by atoms with Gasteiger partial charge in [0.2, 0.25) is 5.91 Å². The van der Waals surface area contributed by atoms with Crippen molar-refractivity contribution in [1.82, 2.24) is 5.32 Å². The van der Waals surface area contributed by atoms with Crippen molar-refractivity contribution in [2.24, 2.45) is 5.41 Å². The van der Waals surface area contributed by atoms with E-state index in [9.17, 15) is 9.90 Å². The van der Waals surface area contributed by atoms with Gasteiger partial charge in [0.05, 0.1) is 11.4 Å². The van der Waals surface area contributed by atoms with E-state index in [4.69, 9.17) is 0 Å². The number of aliphatic hydroxyl groups excluding tert-OH is 1. The molecule has 1 saturated carbocycles. The molecule has 1 aliphatic rings. The van der Waals surface area contributed by atoms with Crippen LogP contribution in [-0.2, 0) is 4.79 Å². The van der Waals surface area contributed by atoms with Gasteiger partial charge in [0.25, 0.3) is 0 Å². The molecule has 2 unspecified atom stereocenters. The minimum atomic E-state index is -0.280. The molecule has 0 heterocycles. The summed E-state index contributed by atoms with van der Waals surface area (Å²) in [7, 11) is 0. The van der Waals surface area contributed by atoms with Crippen molar-refractivity contribution in [3.8, 4) is 0 Å². The van der Waals surface area contributed by atoms with Crippen LogP contribution >= 0.6 is 15.9 Å². The van der Waals surface area contributed by atoms with Crippen LogP contribution in [0.5, 0.6) is 0 Å². The Morgan fingerprint density at radius 2 is 2.33 bits per heavy atom. The Morgan fingerprint density at radius 1 is 1.75 bits per heavy atom. The molecule has 1 fully saturated rings. The number of hydrogen-bond donors (Lipinski definition) is 2. The summed E-state index contributed by atoms with van der Waals surface area (Å²) in [6, 6.07) is 0.123. The van der Waals surface area contributed by atoms with E-state index in [1.54, 1.807) is 0 Å². The molecule has 12 heavy (non-hydrogen) atoms. The van der Waals surface area contributed by atoms with Crippen LogP contribution in [0.3, 0.4) is 0 Å². The molecule has 0 radical (unpaired) electrons. The number of aliphatic hydroxyl groups is 1. The van der Waals surface area contributed by atoms with Gasteiger partial charge in [-0.2, -0.15) is 0 Å². The number of carbonyl (C=O) groups excluding carboxylic acids is 1. The number of alkyl halides is 1. The van der Waals surface area contributed by atoms with Crippen LogP contribution in [0.25, 0.3) is 0 Å². The number of rotatable bonds is 2. The van der Waals surface area contributed by atoms with Crippen molar-refractivity contribution in [3.63, 3.8) is 0 Å². The highest BCUT2D eigenvalue weighted by molar-refractivity contribution is 9.09. The number of amides is 1. The molecule has 0 aliphatic heterocycles. The van der Waals surface area contributed by atoms with E-state index in [0.29, 0.717) is 11.8 Å². The van der Waals surface area contributed by atoms with Crippen molar-refractivity contribution in [3.05, 3.63) is 0 Å². The molecule has 0 bridgehead atoms. The number of hydrogen-bond acceptors (Lipinski definition) is 2. The summed E-state index contributed by atoms with van der Waals surface area (Å²) >= 11 is 3.07. The molecule has 3 nitrogen and oxygen atoms in total. The Labute approximate surface area is 80.7 Å². The van der Waals surface area contributed by atoms with Crippen LogP contribution in [0.1, 0.15) is 20.3 Å². The topological polar surface area (TPSA) is 49.3 Å². The van der Waals surface area contributed by atoms with E-state index in [1.807, 2.05) is 13.8 Å². The van der Waals surface area contributed by atoms with Gasteiger partial charge in [-0.05, 0) is 6.42 Å². The molecule has 0 spiro atoms. The van der Waals surface area contributed by atoms with Crippen LogP contribution in [-0.4, -0.2) is 28.5 Å². The van der Waals surface area contributed by atoms with Gasteiger partial charge in [-0.15, -0.1) is 0 Å². The molecule has 0 saturated heterocycles. The molecular formula is C8H14BrNO2. The summed E-state index contributed by atoms with van der Waals surface area (Å²) in [5.41, 5.74) is -0.169. The van der Waals surface area contributed by atoms with E-state index in [2.05, 4.69) is 21.2 Å². The second kappa shape index (κ2) is 3.34. The maximum absolute atomic E-state index is 11.0. The maximum atomic E-state index is 11.0. The Balaban J connectivity index is 2.42. The van der Waals surface area contributed by atoms with Crippen LogP contribution in [0, 0.1) is 5.41 Å². The third-order valence-corrected chi connectivity index (χ3v) is 3.18. The largest absolute Gasteiger partial charge is 0.392 e. The average molecular weight is 236 g/mol. The molecule has 1 aliphatic carbocycles. The summed E-state index contributed by atoms with van der Waals surface area (Å²) in [6.45, 7) is 3.92. The first-order valence-corrected chi connectivity index (χ1v) is 5.14. The Morgan fingerprint density at radius 3 is 2.67 bits per heavy atom. The average Bonchev–Trinajstić information content (AvgIpc) is 2.03. The SMILES string of the molecule is CC1(C)C(O)CC1NC(=O)CBr. The summed E-state index contributed by atoms with van der Waals surface area (Å²) in [6.07, 6.45) is 0.393. The molecule has 0 aromatic carbocycles. The van der Waals surface area contributed by atoms with Gasteiger partial charge in [0, 0.05) is 11.5 Å². The van der Waals surface area contributed by atoms with Gasteiger partial charge < -0.3 is 10.4 Å². The van der Waals surface area contributed by atoms with Crippen LogP contribution in [0.2, 0.25) is 0 Å². The summed E-state index contributed by atoms with van der Waals surface area (Å²) < 4.78 is 0. The highest BCUT2D eigenvalue weighted by atomic mass is 79.9. The Hall–Kier alpha value is -0.0900. The molecule has 70 valence electrons. The minimum absolute atomic E-state index is 0.0139. The minimum Gasteiger partial charge on any atom is -0.392 e. The first kappa shape index (κ1) is 9.99. The quantitative estimate of drug-likeness (QED) is 0.692. The lowest BCUT2D eigenvalue weighted by atomic mass is 9.64. The van der Waals surface area contributed by atoms with E-state index in [1.165, 1.54) is 0 Å². The van der Waals surface area contributed by atoms with Gasteiger partial charge in [0.1, 0.15) is 0 Å². The molecule has 1 amide bonds. The lowest BCUT2D eigenvalue weighted by molar-refractivity contribution is -0.126. The highest BCUT2D eigenvalue weighted by Gasteiger charge is 2.47. The van der Waals surface area contributed by atoms with Gasteiger partial charge in [-0.25, -0.2) is 0 Å². The highest BCUT2D eigenvalue weighted by Crippen LogP contribution is 2.40. The van der Waals surface area contributed by atoms with E-state index < -0.39 is 0 Å². The molecule has 1 rings (SSSR count). The fourth-order valence-electron chi connectivity index (χ4n) is 1.38. The van der Waals surface area contributed by atoms with Gasteiger partial charge in [0.15, 0.2) is 0 Å². The third kappa shape index (κ3) is 1.64. The fraction of sp³-hybridized carbons (Fsp3) is 0.875. The summed E-state index contributed by atoms with van der Waals surface area (Å²) in [4.78, 5) is 11.0. The van der Waals surface area contributed by atoms with Crippen molar-refractivity contribution in [1.29, 1.82) is 0 Å².